The van der Waals surface area contributed by atoms with Crippen LogP contribution < -0.4 is 19.5 Å². The number of aromatic carboxylic acids is 1. The van der Waals surface area contributed by atoms with Crippen LogP contribution in [0.4, 0.5) is 11.6 Å². The molecule has 32 heavy (non-hydrogen) atoms. The van der Waals surface area contributed by atoms with Gasteiger partial charge < -0.3 is 24.4 Å². The van der Waals surface area contributed by atoms with Gasteiger partial charge in [0, 0.05) is 11.6 Å². The second-order valence-corrected chi connectivity index (χ2v) is 9.49. The number of carboxylic acids is 1. The van der Waals surface area contributed by atoms with Gasteiger partial charge in [-0.05, 0) is 25.3 Å². The number of halogens is 1. The number of nitrogens with zero attached hydrogens (tertiary/aromatic N) is 1. The highest BCUT2D eigenvalue weighted by Gasteiger charge is 2.30. The smallest absolute Gasteiger partial charge is 0.337 e. The number of aromatic nitrogens is 1. The Kier molecular flexibility index (Phi) is 5.48. The Hall–Kier alpha value is -3.29. The van der Waals surface area contributed by atoms with Crippen molar-refractivity contribution in [2.24, 2.45) is 0 Å². The Bertz CT molecular complexity index is 1360. The lowest BCUT2D eigenvalue weighted by atomic mass is 10.1. The molecule has 1 aliphatic rings. The van der Waals surface area contributed by atoms with Crippen LogP contribution in [0.5, 0.6) is 11.5 Å². The molecule has 168 valence electrons. The van der Waals surface area contributed by atoms with Gasteiger partial charge in [0.15, 0.2) is 11.5 Å². The molecular weight excluding hydrogens is 486 g/mol. The number of nitrogens with one attached hydrogen (secondary N) is 2. The largest absolute Gasteiger partial charge is 0.478 e. The zero-order valence-electron chi connectivity index (χ0n) is 16.4. The summed E-state index contributed by atoms with van der Waals surface area (Å²) >= 11 is 6.81. The molecular formula is C18H14ClN3O8S2. The van der Waals surface area contributed by atoms with Crippen molar-refractivity contribution in [2.45, 2.75) is 18.7 Å². The van der Waals surface area contributed by atoms with Crippen LogP contribution in [-0.4, -0.2) is 37.4 Å². The molecule has 1 amide bonds. The molecule has 3 aromatic rings. The minimum absolute atomic E-state index is 0.0168. The average Bonchev–Trinajstić information content (AvgIpc) is 3.46. The summed E-state index contributed by atoms with van der Waals surface area (Å²) in [6.45, 7) is 2.99. The van der Waals surface area contributed by atoms with E-state index in [-0.39, 0.29) is 50.2 Å². The second-order valence-electron chi connectivity index (χ2n) is 6.55. The fourth-order valence-electron chi connectivity index (χ4n) is 2.98. The number of rotatable bonds is 6. The number of fused-ring (bicyclic) bond motifs is 1. The number of sulfonamides is 1. The molecule has 1 aromatic carbocycles. The van der Waals surface area contributed by atoms with Crippen molar-refractivity contribution in [1.82, 2.24) is 5.16 Å². The van der Waals surface area contributed by atoms with Gasteiger partial charge in [0.25, 0.3) is 21.8 Å². The highest BCUT2D eigenvalue weighted by Crippen LogP contribution is 2.42. The highest BCUT2D eigenvalue weighted by molar-refractivity contribution is 7.93. The van der Waals surface area contributed by atoms with Crippen molar-refractivity contribution in [3.63, 3.8) is 0 Å². The molecule has 2 aromatic heterocycles. The number of carboxylic acid groups (broad SMARTS) is 1. The summed E-state index contributed by atoms with van der Waals surface area (Å²) in [6, 6.07) is 2.46. The van der Waals surface area contributed by atoms with Crippen molar-refractivity contribution in [3.05, 3.63) is 44.2 Å². The van der Waals surface area contributed by atoms with Crippen molar-refractivity contribution in [2.75, 3.05) is 16.8 Å². The van der Waals surface area contributed by atoms with Crippen molar-refractivity contribution < 1.29 is 37.1 Å². The van der Waals surface area contributed by atoms with Crippen LogP contribution >= 0.6 is 22.9 Å². The normalized spacial score (nSPS) is 12.6. The van der Waals surface area contributed by atoms with Crippen LogP contribution in [-0.2, 0) is 10.0 Å². The summed E-state index contributed by atoms with van der Waals surface area (Å²) in [6.07, 6.45) is 0. The molecule has 11 nitrogen and oxygen atoms in total. The maximum Gasteiger partial charge on any atom is 0.337 e. The molecule has 0 aliphatic carbocycles. The first kappa shape index (κ1) is 21.9. The van der Waals surface area contributed by atoms with E-state index in [4.69, 9.17) is 25.6 Å². The number of hydrogen-bond donors (Lipinski definition) is 3. The van der Waals surface area contributed by atoms with E-state index in [1.165, 1.54) is 24.4 Å². The molecule has 0 radical (unpaired) electrons. The van der Waals surface area contributed by atoms with Crippen molar-refractivity contribution in [3.8, 4) is 11.5 Å². The van der Waals surface area contributed by atoms with Crippen LogP contribution in [0.25, 0.3) is 0 Å². The molecule has 0 fully saturated rings. The lowest BCUT2D eigenvalue weighted by molar-refractivity contribution is 0.0697. The third-order valence-electron chi connectivity index (χ3n) is 4.51. The molecule has 0 saturated heterocycles. The summed E-state index contributed by atoms with van der Waals surface area (Å²) in [4.78, 5) is 24.2. The van der Waals surface area contributed by atoms with Crippen LogP contribution in [0, 0.1) is 13.8 Å². The standard InChI is InChI=1S/C18H14ClN3O8S2/c1-7-13(9(18(24)25)5-10-14(7)29-6-28-10)20-16(23)15-11(3-4-31-15)32(26,27)22-17-12(19)8(2)21-30-17/h3-5,22H,6H2,1-2H3,(H,20,23)(H,24,25). The number of thiophene rings is 1. The van der Waals surface area contributed by atoms with Crippen LogP contribution in [0.2, 0.25) is 5.02 Å². The van der Waals surface area contributed by atoms with Gasteiger partial charge in [0.2, 0.25) is 6.79 Å². The Labute approximate surface area is 189 Å². The fraction of sp³-hybridized carbons (Fsp3) is 0.167. The minimum Gasteiger partial charge on any atom is -0.478 e. The van der Waals surface area contributed by atoms with E-state index >= 15 is 0 Å². The van der Waals surface area contributed by atoms with Crippen molar-refractivity contribution in [1.29, 1.82) is 0 Å². The fourth-order valence-corrected chi connectivity index (χ4v) is 5.47. The van der Waals surface area contributed by atoms with Crippen LogP contribution in [0.1, 0.15) is 31.3 Å². The van der Waals surface area contributed by atoms with Crippen molar-refractivity contribution >= 4 is 56.4 Å². The predicted octanol–water partition coefficient (Wildman–Crippen LogP) is 3.49. The van der Waals surface area contributed by atoms with Gasteiger partial charge in [-0.1, -0.05) is 16.8 Å². The quantitative estimate of drug-likeness (QED) is 0.461. The third-order valence-corrected chi connectivity index (χ3v) is 7.37. The average molecular weight is 500 g/mol. The van der Waals surface area contributed by atoms with E-state index in [1.807, 2.05) is 0 Å². The molecule has 0 bridgehead atoms. The first-order valence-corrected chi connectivity index (χ1v) is 11.5. The monoisotopic (exact) mass is 499 g/mol. The van der Waals surface area contributed by atoms with Gasteiger partial charge in [0.05, 0.1) is 11.3 Å². The number of carbonyl (C=O) groups is 2. The van der Waals surface area contributed by atoms with Gasteiger partial charge >= 0.3 is 5.97 Å². The number of amides is 1. The lowest BCUT2D eigenvalue weighted by Gasteiger charge is -2.14. The summed E-state index contributed by atoms with van der Waals surface area (Å²) in [7, 11) is -4.27. The zero-order chi connectivity index (χ0) is 23.2. The number of hydrogen-bond acceptors (Lipinski definition) is 9. The Balaban J connectivity index is 1.68. The van der Waals surface area contributed by atoms with Gasteiger partial charge in [-0.15, -0.1) is 11.3 Å². The highest BCUT2D eigenvalue weighted by atomic mass is 35.5. The van der Waals surface area contributed by atoms with Gasteiger partial charge in [-0.25, -0.2) is 17.9 Å². The molecule has 3 N–H and O–H groups in total. The molecule has 4 rings (SSSR count). The molecule has 0 spiro atoms. The molecule has 14 heteroatoms. The number of aryl methyl sites for hydroxylation is 1. The minimum atomic E-state index is -4.27. The van der Waals surface area contributed by atoms with E-state index in [0.717, 1.165) is 11.3 Å². The van der Waals surface area contributed by atoms with Gasteiger partial charge in [-0.2, -0.15) is 0 Å². The second kappa shape index (κ2) is 8.00. The first-order valence-electron chi connectivity index (χ1n) is 8.80. The molecule has 0 saturated carbocycles. The van der Waals surface area contributed by atoms with E-state index in [1.54, 1.807) is 6.92 Å². The lowest BCUT2D eigenvalue weighted by Crippen LogP contribution is -2.20. The topological polar surface area (TPSA) is 157 Å². The number of carbonyl (C=O) groups excluding carboxylic acids is 1. The maximum atomic E-state index is 13.0. The number of anilines is 2. The predicted molar refractivity (Wildman–Crippen MR) is 114 cm³/mol. The maximum absolute atomic E-state index is 13.0. The van der Waals surface area contributed by atoms with E-state index in [2.05, 4.69) is 15.2 Å². The van der Waals surface area contributed by atoms with E-state index in [9.17, 15) is 23.1 Å². The summed E-state index contributed by atoms with van der Waals surface area (Å²) < 4.78 is 43.2. The third kappa shape index (κ3) is 3.74. The number of benzene rings is 1. The first-order chi connectivity index (χ1) is 15.1. The molecule has 1 aliphatic heterocycles. The zero-order valence-corrected chi connectivity index (χ0v) is 18.8. The molecule has 0 atom stereocenters. The Morgan fingerprint density at radius 2 is 2.03 bits per heavy atom. The summed E-state index contributed by atoms with van der Waals surface area (Å²) in [5.74, 6) is -1.90. The van der Waals surface area contributed by atoms with E-state index < -0.39 is 21.9 Å². The molecule has 3 heterocycles. The van der Waals surface area contributed by atoms with Crippen LogP contribution in [0.3, 0.4) is 0 Å². The van der Waals surface area contributed by atoms with E-state index in [0.29, 0.717) is 11.3 Å². The molecule has 0 unspecified atom stereocenters. The van der Waals surface area contributed by atoms with Crippen LogP contribution in [0.15, 0.2) is 26.9 Å². The Morgan fingerprint density at radius 3 is 2.69 bits per heavy atom. The van der Waals surface area contributed by atoms with Gasteiger partial charge in [-0.3, -0.25) is 4.79 Å². The number of ether oxygens (including phenoxy) is 2. The Morgan fingerprint density at radius 1 is 1.28 bits per heavy atom. The summed E-state index contributed by atoms with van der Waals surface area (Å²) in [5.41, 5.74) is 0.342. The van der Waals surface area contributed by atoms with Gasteiger partial charge in [0.1, 0.15) is 20.5 Å². The summed E-state index contributed by atoms with van der Waals surface area (Å²) in [5, 5.41) is 17.0. The SMILES string of the molecule is Cc1noc(NS(=O)(=O)c2ccsc2C(=O)Nc2c(C(=O)O)cc3c(c2C)OCO3)c1Cl.